The van der Waals surface area contributed by atoms with Crippen molar-refractivity contribution in [3.05, 3.63) is 104 Å². The fourth-order valence-corrected chi connectivity index (χ4v) is 4.61. The van der Waals surface area contributed by atoms with E-state index in [2.05, 4.69) is 43.4 Å². The predicted octanol–water partition coefficient (Wildman–Crippen LogP) is 6.92. The molecule has 0 atom stereocenters. The first-order valence-corrected chi connectivity index (χ1v) is 13.0. The summed E-state index contributed by atoms with van der Waals surface area (Å²) >= 11 is 3.30. The number of amides is 1. The van der Waals surface area contributed by atoms with Crippen LogP contribution in [0.1, 0.15) is 22.4 Å². The summed E-state index contributed by atoms with van der Waals surface area (Å²) in [6, 6.07) is 16.3. The third-order valence-electron chi connectivity index (χ3n) is 5.00. The van der Waals surface area contributed by atoms with E-state index in [1.165, 1.54) is 41.8 Å². The summed E-state index contributed by atoms with van der Waals surface area (Å²) in [4.78, 5) is 16.5. The minimum Gasteiger partial charge on any atom is -0.488 e. The quantitative estimate of drug-likeness (QED) is 0.0890. The summed E-state index contributed by atoms with van der Waals surface area (Å²) in [6.45, 7) is 0.299. The van der Waals surface area contributed by atoms with E-state index in [0.29, 0.717) is 23.2 Å². The van der Waals surface area contributed by atoms with Crippen molar-refractivity contribution in [2.75, 3.05) is 5.32 Å². The van der Waals surface area contributed by atoms with Crippen LogP contribution in [0.5, 0.6) is 5.75 Å². The van der Waals surface area contributed by atoms with Gasteiger partial charge in [0.1, 0.15) is 18.2 Å². The number of thiazole rings is 1. The van der Waals surface area contributed by atoms with Gasteiger partial charge in [-0.15, -0.1) is 11.3 Å². The Labute approximate surface area is 232 Å². The Morgan fingerprint density at radius 3 is 2.63 bits per heavy atom. The molecule has 1 amide bonds. The number of ether oxygens (including phenoxy) is 1. The molecule has 0 radical (unpaired) electrons. The van der Waals surface area contributed by atoms with Crippen LogP contribution in [0.4, 0.5) is 28.4 Å². The van der Waals surface area contributed by atoms with Gasteiger partial charge in [-0.2, -0.15) is 18.3 Å². The van der Waals surface area contributed by atoms with Gasteiger partial charge >= 0.3 is 6.18 Å². The molecule has 2 N–H and O–H groups in total. The Bertz CT molecular complexity index is 1440. The molecule has 0 aliphatic carbocycles. The highest BCUT2D eigenvalue weighted by Gasteiger charge is 2.30. The van der Waals surface area contributed by atoms with E-state index < -0.39 is 17.6 Å². The van der Waals surface area contributed by atoms with E-state index in [0.717, 1.165) is 26.8 Å². The second-order valence-electron chi connectivity index (χ2n) is 7.92. The Morgan fingerprint density at radius 2 is 1.89 bits per heavy atom. The Balaban J connectivity index is 1.26. The number of halogens is 5. The zero-order valence-corrected chi connectivity index (χ0v) is 22.4. The number of benzene rings is 3. The van der Waals surface area contributed by atoms with Crippen LogP contribution < -0.4 is 15.5 Å². The fraction of sp³-hybridized carbons (Fsp3) is 0.115. The first-order valence-electron chi connectivity index (χ1n) is 11.0. The van der Waals surface area contributed by atoms with Crippen molar-refractivity contribution >= 4 is 56.9 Å². The topological polar surface area (TPSA) is 75.6 Å². The van der Waals surface area contributed by atoms with Gasteiger partial charge in [0.05, 0.1) is 27.5 Å². The van der Waals surface area contributed by atoms with Gasteiger partial charge in [-0.25, -0.2) is 14.8 Å². The zero-order chi connectivity index (χ0) is 27.1. The third-order valence-corrected chi connectivity index (χ3v) is 6.65. The number of hydrazone groups is 1. The molecule has 0 aliphatic rings. The molecule has 1 heterocycles. The first-order chi connectivity index (χ1) is 18.2. The van der Waals surface area contributed by atoms with Crippen LogP contribution in [-0.2, 0) is 24.0 Å². The maximum absolute atomic E-state index is 13.0. The zero-order valence-electron chi connectivity index (χ0n) is 19.4. The molecule has 0 aliphatic heterocycles. The highest BCUT2D eigenvalue weighted by molar-refractivity contribution is 14.1. The number of carbonyl (C=O) groups is 1. The van der Waals surface area contributed by atoms with E-state index in [-0.39, 0.29) is 17.9 Å². The molecule has 0 fully saturated rings. The Morgan fingerprint density at radius 1 is 1.11 bits per heavy atom. The van der Waals surface area contributed by atoms with E-state index in [9.17, 15) is 22.4 Å². The van der Waals surface area contributed by atoms with Crippen LogP contribution in [0.3, 0.4) is 0 Å². The second-order valence-corrected chi connectivity index (χ2v) is 9.94. The number of hydrogen-bond donors (Lipinski definition) is 2. The first kappa shape index (κ1) is 27.5. The van der Waals surface area contributed by atoms with Crippen molar-refractivity contribution in [3.63, 3.8) is 0 Å². The number of carbonyl (C=O) groups excluding carboxylic acids is 1. The van der Waals surface area contributed by atoms with Crippen LogP contribution >= 0.6 is 33.9 Å². The third kappa shape index (κ3) is 7.99. The lowest BCUT2D eigenvalue weighted by Gasteiger charge is -2.09. The maximum Gasteiger partial charge on any atom is 0.416 e. The average Bonchev–Trinajstić information content (AvgIpc) is 3.30. The molecule has 4 rings (SSSR count). The normalized spacial score (nSPS) is 11.5. The molecular formula is C26H19F4IN4O2S. The highest BCUT2D eigenvalue weighted by atomic mass is 127. The van der Waals surface area contributed by atoms with Crippen molar-refractivity contribution in [1.82, 2.24) is 10.4 Å². The number of rotatable bonds is 9. The number of nitrogens with zero attached hydrogens (tertiary/aromatic N) is 2. The van der Waals surface area contributed by atoms with E-state index >= 15 is 0 Å². The monoisotopic (exact) mass is 654 g/mol. The minimum absolute atomic E-state index is 0.0498. The average molecular weight is 654 g/mol. The van der Waals surface area contributed by atoms with E-state index in [1.54, 1.807) is 29.6 Å². The number of anilines is 2. The summed E-state index contributed by atoms with van der Waals surface area (Å²) in [5.41, 5.74) is 3.95. The highest BCUT2D eigenvalue weighted by Crippen LogP contribution is 2.32. The van der Waals surface area contributed by atoms with Gasteiger partial charge in [-0.1, -0.05) is 18.2 Å². The molecule has 0 spiro atoms. The van der Waals surface area contributed by atoms with Gasteiger partial charge in [-0.3, -0.25) is 4.79 Å². The molecule has 0 unspecified atom stereocenters. The number of nitrogens with one attached hydrogen (secondary N) is 2. The lowest BCUT2D eigenvalue weighted by atomic mass is 10.2. The van der Waals surface area contributed by atoms with Gasteiger partial charge in [0.15, 0.2) is 5.13 Å². The number of aromatic nitrogens is 1. The SMILES string of the molecule is O=C(Cc1csc(Nc2cccc(C(F)(F)F)c2)n1)N/N=C\c1ccc(OCc2ccc(F)cc2)c(I)c1. The molecule has 0 saturated carbocycles. The fourth-order valence-electron chi connectivity index (χ4n) is 3.18. The number of hydrogen-bond acceptors (Lipinski definition) is 6. The van der Waals surface area contributed by atoms with Crippen molar-refractivity contribution in [2.45, 2.75) is 19.2 Å². The van der Waals surface area contributed by atoms with Gasteiger partial charge in [0.25, 0.3) is 0 Å². The van der Waals surface area contributed by atoms with Crippen LogP contribution in [0.15, 0.2) is 77.2 Å². The van der Waals surface area contributed by atoms with Crippen LogP contribution in [0, 0.1) is 9.39 Å². The Hall–Kier alpha value is -3.52. The molecule has 3 aromatic carbocycles. The van der Waals surface area contributed by atoms with Crippen molar-refractivity contribution in [3.8, 4) is 5.75 Å². The smallest absolute Gasteiger partial charge is 0.416 e. The lowest BCUT2D eigenvalue weighted by molar-refractivity contribution is -0.137. The van der Waals surface area contributed by atoms with Crippen LogP contribution in [0.2, 0.25) is 0 Å². The van der Waals surface area contributed by atoms with Crippen molar-refractivity contribution < 1.29 is 27.1 Å². The molecule has 6 nitrogen and oxygen atoms in total. The molecule has 4 aromatic rings. The van der Waals surface area contributed by atoms with E-state index in [1.807, 2.05) is 6.07 Å². The van der Waals surface area contributed by atoms with Crippen molar-refractivity contribution in [1.29, 1.82) is 0 Å². The molecule has 196 valence electrons. The summed E-state index contributed by atoms with van der Waals surface area (Å²) < 4.78 is 58.3. The minimum atomic E-state index is -4.44. The maximum atomic E-state index is 13.0. The molecular weight excluding hydrogens is 635 g/mol. The standard InChI is InChI=1S/C26H19F4IN4O2S/c27-19-7-4-16(5-8-19)14-37-23-9-6-17(10-22(23)31)13-32-35-24(36)12-21-15-38-25(34-21)33-20-3-1-2-18(11-20)26(28,29)30/h1-11,13,15H,12,14H2,(H,33,34)(H,35,36)/b32-13-. The second kappa shape index (κ2) is 12.3. The van der Waals surface area contributed by atoms with Gasteiger partial charge in [0, 0.05) is 11.1 Å². The van der Waals surface area contributed by atoms with Gasteiger partial charge < -0.3 is 10.1 Å². The summed E-state index contributed by atoms with van der Waals surface area (Å²) in [7, 11) is 0. The number of alkyl halides is 3. The summed E-state index contributed by atoms with van der Waals surface area (Å²) in [5, 5.41) is 8.80. The Kier molecular flexibility index (Phi) is 8.94. The van der Waals surface area contributed by atoms with Crippen molar-refractivity contribution in [2.24, 2.45) is 5.10 Å². The molecule has 12 heteroatoms. The molecule has 0 saturated heterocycles. The van der Waals surface area contributed by atoms with Crippen LogP contribution in [0.25, 0.3) is 0 Å². The molecule has 1 aromatic heterocycles. The van der Waals surface area contributed by atoms with Crippen LogP contribution in [-0.4, -0.2) is 17.1 Å². The predicted molar refractivity (Wildman–Crippen MR) is 146 cm³/mol. The van der Waals surface area contributed by atoms with Gasteiger partial charge in [-0.05, 0) is 82.2 Å². The largest absolute Gasteiger partial charge is 0.488 e. The summed E-state index contributed by atoms with van der Waals surface area (Å²) in [5.74, 6) is -0.0401. The van der Waals surface area contributed by atoms with Gasteiger partial charge in [0.2, 0.25) is 5.91 Å². The molecule has 0 bridgehead atoms. The van der Waals surface area contributed by atoms with E-state index in [4.69, 9.17) is 4.74 Å². The summed E-state index contributed by atoms with van der Waals surface area (Å²) in [6.07, 6.45) is -3.00. The lowest BCUT2D eigenvalue weighted by Crippen LogP contribution is -2.19. The molecule has 38 heavy (non-hydrogen) atoms.